The van der Waals surface area contributed by atoms with Crippen LogP contribution in [0, 0.1) is 12.7 Å². The SMILES string of the molecule is Cc1ccc(NC(=O)c2ccc(=O)n(Cc3ccccc3F)n2)cc1. The molecule has 1 amide bonds. The van der Waals surface area contributed by atoms with E-state index in [1.807, 2.05) is 19.1 Å². The first-order chi connectivity index (χ1) is 12.0. The minimum absolute atomic E-state index is 0.0445. The molecule has 0 aliphatic rings. The van der Waals surface area contributed by atoms with Gasteiger partial charge in [-0.15, -0.1) is 0 Å². The van der Waals surface area contributed by atoms with E-state index >= 15 is 0 Å². The molecule has 0 fully saturated rings. The number of nitrogens with zero attached hydrogens (tertiary/aromatic N) is 2. The molecule has 0 saturated carbocycles. The van der Waals surface area contributed by atoms with Crippen LogP contribution in [-0.4, -0.2) is 15.7 Å². The average Bonchev–Trinajstić information content (AvgIpc) is 2.60. The summed E-state index contributed by atoms with van der Waals surface area (Å²) in [7, 11) is 0. The van der Waals surface area contributed by atoms with Gasteiger partial charge in [-0.1, -0.05) is 35.9 Å². The number of aryl methyl sites for hydroxylation is 1. The highest BCUT2D eigenvalue weighted by molar-refractivity contribution is 6.02. The molecule has 1 heterocycles. The molecule has 126 valence electrons. The highest BCUT2D eigenvalue weighted by Crippen LogP contribution is 2.10. The predicted molar refractivity (Wildman–Crippen MR) is 93.1 cm³/mol. The van der Waals surface area contributed by atoms with Gasteiger partial charge in [-0.2, -0.15) is 5.10 Å². The van der Waals surface area contributed by atoms with Crippen LogP contribution >= 0.6 is 0 Å². The fourth-order valence-electron chi connectivity index (χ4n) is 2.30. The van der Waals surface area contributed by atoms with Gasteiger partial charge in [-0.3, -0.25) is 9.59 Å². The summed E-state index contributed by atoms with van der Waals surface area (Å²) in [6.07, 6.45) is 0. The van der Waals surface area contributed by atoms with Gasteiger partial charge in [0.15, 0.2) is 0 Å². The summed E-state index contributed by atoms with van der Waals surface area (Å²) in [5, 5.41) is 6.76. The first-order valence-electron chi connectivity index (χ1n) is 7.72. The van der Waals surface area contributed by atoms with Gasteiger partial charge in [0, 0.05) is 17.3 Å². The fourth-order valence-corrected chi connectivity index (χ4v) is 2.30. The molecular weight excluding hydrogens is 321 g/mol. The molecule has 0 saturated heterocycles. The molecule has 1 aromatic heterocycles. The van der Waals surface area contributed by atoms with Crippen molar-refractivity contribution >= 4 is 11.6 Å². The third kappa shape index (κ3) is 3.98. The monoisotopic (exact) mass is 337 g/mol. The fraction of sp³-hybridized carbons (Fsp3) is 0.105. The molecule has 6 heteroatoms. The Morgan fingerprint density at radius 3 is 2.52 bits per heavy atom. The lowest BCUT2D eigenvalue weighted by molar-refractivity contribution is 0.102. The number of rotatable bonds is 4. The number of hydrogen-bond acceptors (Lipinski definition) is 3. The van der Waals surface area contributed by atoms with E-state index in [0.717, 1.165) is 10.2 Å². The number of hydrogen-bond donors (Lipinski definition) is 1. The summed E-state index contributed by atoms with van der Waals surface area (Å²) < 4.78 is 14.8. The van der Waals surface area contributed by atoms with Crippen molar-refractivity contribution in [2.75, 3.05) is 5.32 Å². The van der Waals surface area contributed by atoms with Crippen molar-refractivity contribution in [3.8, 4) is 0 Å². The number of benzene rings is 2. The first-order valence-corrected chi connectivity index (χ1v) is 7.72. The van der Waals surface area contributed by atoms with Gasteiger partial charge in [0.1, 0.15) is 11.5 Å². The molecule has 5 nitrogen and oxygen atoms in total. The third-order valence-electron chi connectivity index (χ3n) is 3.69. The van der Waals surface area contributed by atoms with E-state index in [1.165, 1.54) is 18.2 Å². The smallest absolute Gasteiger partial charge is 0.276 e. The molecule has 0 aliphatic carbocycles. The van der Waals surface area contributed by atoms with Crippen LogP contribution in [0.1, 0.15) is 21.6 Å². The summed E-state index contributed by atoms with van der Waals surface area (Å²) in [6, 6.07) is 16.0. The van der Waals surface area contributed by atoms with Gasteiger partial charge in [0.05, 0.1) is 6.54 Å². The quantitative estimate of drug-likeness (QED) is 0.796. The Balaban J connectivity index is 1.83. The topological polar surface area (TPSA) is 64.0 Å². The normalized spacial score (nSPS) is 10.5. The second kappa shape index (κ2) is 7.09. The third-order valence-corrected chi connectivity index (χ3v) is 3.69. The Bertz CT molecular complexity index is 965. The zero-order valence-corrected chi connectivity index (χ0v) is 13.6. The standard InChI is InChI=1S/C19H16FN3O2/c1-13-6-8-15(9-7-13)21-19(25)17-10-11-18(24)23(22-17)12-14-4-2-3-5-16(14)20/h2-11H,12H2,1H3,(H,21,25). The lowest BCUT2D eigenvalue weighted by atomic mass is 10.2. The molecule has 3 aromatic rings. The van der Waals surface area contributed by atoms with E-state index in [-0.39, 0.29) is 12.2 Å². The van der Waals surface area contributed by atoms with E-state index in [1.54, 1.807) is 30.3 Å². The molecule has 2 aromatic carbocycles. The Morgan fingerprint density at radius 2 is 1.80 bits per heavy atom. The lowest BCUT2D eigenvalue weighted by Gasteiger charge is -2.09. The summed E-state index contributed by atoms with van der Waals surface area (Å²) >= 11 is 0. The maximum Gasteiger partial charge on any atom is 0.276 e. The van der Waals surface area contributed by atoms with Crippen LogP contribution in [0.2, 0.25) is 0 Å². The van der Waals surface area contributed by atoms with Crippen molar-refractivity contribution in [3.63, 3.8) is 0 Å². The second-order valence-electron chi connectivity index (χ2n) is 5.63. The number of carbonyl (C=O) groups excluding carboxylic acids is 1. The molecule has 0 unspecified atom stereocenters. The largest absolute Gasteiger partial charge is 0.321 e. The van der Waals surface area contributed by atoms with Crippen LogP contribution in [0.4, 0.5) is 10.1 Å². The van der Waals surface area contributed by atoms with Crippen LogP contribution in [0.25, 0.3) is 0 Å². The number of nitrogens with one attached hydrogen (secondary N) is 1. The predicted octanol–water partition coefficient (Wildman–Crippen LogP) is 2.99. The average molecular weight is 337 g/mol. The molecular formula is C19H16FN3O2. The van der Waals surface area contributed by atoms with Gasteiger partial charge in [0.2, 0.25) is 0 Å². The van der Waals surface area contributed by atoms with Crippen molar-refractivity contribution < 1.29 is 9.18 Å². The Labute approximate surface area is 143 Å². The van der Waals surface area contributed by atoms with Crippen LogP contribution < -0.4 is 10.9 Å². The van der Waals surface area contributed by atoms with Crippen molar-refractivity contribution in [2.45, 2.75) is 13.5 Å². The minimum Gasteiger partial charge on any atom is -0.321 e. The molecule has 25 heavy (non-hydrogen) atoms. The summed E-state index contributed by atoms with van der Waals surface area (Å²) in [6.45, 7) is 1.91. The number of carbonyl (C=O) groups is 1. The van der Waals surface area contributed by atoms with E-state index < -0.39 is 17.3 Å². The Kier molecular flexibility index (Phi) is 4.70. The summed E-state index contributed by atoms with van der Waals surface area (Å²) in [5.74, 6) is -0.864. The zero-order chi connectivity index (χ0) is 17.8. The van der Waals surface area contributed by atoms with Crippen molar-refractivity contribution in [3.05, 3.63) is 93.7 Å². The van der Waals surface area contributed by atoms with Crippen LogP contribution in [0.5, 0.6) is 0 Å². The van der Waals surface area contributed by atoms with Crippen molar-refractivity contribution in [2.24, 2.45) is 0 Å². The van der Waals surface area contributed by atoms with E-state index in [4.69, 9.17) is 0 Å². The molecule has 0 aliphatic heterocycles. The maximum atomic E-state index is 13.8. The number of halogens is 1. The van der Waals surface area contributed by atoms with E-state index in [2.05, 4.69) is 10.4 Å². The van der Waals surface area contributed by atoms with Gasteiger partial charge < -0.3 is 5.32 Å². The van der Waals surface area contributed by atoms with E-state index in [9.17, 15) is 14.0 Å². The summed E-state index contributed by atoms with van der Waals surface area (Å²) in [4.78, 5) is 24.3. The second-order valence-corrected chi connectivity index (χ2v) is 5.63. The lowest BCUT2D eigenvalue weighted by Crippen LogP contribution is -2.26. The van der Waals surface area contributed by atoms with Crippen molar-refractivity contribution in [1.29, 1.82) is 0 Å². The molecule has 1 N–H and O–H groups in total. The van der Waals surface area contributed by atoms with Gasteiger partial charge in [-0.25, -0.2) is 9.07 Å². The Morgan fingerprint density at radius 1 is 1.08 bits per heavy atom. The van der Waals surface area contributed by atoms with Crippen LogP contribution in [0.15, 0.2) is 65.5 Å². The highest BCUT2D eigenvalue weighted by Gasteiger charge is 2.11. The van der Waals surface area contributed by atoms with Crippen LogP contribution in [-0.2, 0) is 6.54 Å². The number of aromatic nitrogens is 2. The molecule has 0 spiro atoms. The van der Waals surface area contributed by atoms with Gasteiger partial charge in [0.25, 0.3) is 11.5 Å². The highest BCUT2D eigenvalue weighted by atomic mass is 19.1. The maximum absolute atomic E-state index is 13.8. The van der Waals surface area contributed by atoms with Gasteiger partial charge >= 0.3 is 0 Å². The number of anilines is 1. The van der Waals surface area contributed by atoms with Gasteiger partial charge in [-0.05, 0) is 31.2 Å². The van der Waals surface area contributed by atoms with Crippen molar-refractivity contribution in [1.82, 2.24) is 9.78 Å². The molecule has 0 radical (unpaired) electrons. The number of amides is 1. The minimum atomic E-state index is -0.439. The molecule has 0 bridgehead atoms. The first kappa shape index (κ1) is 16.6. The molecule has 0 atom stereocenters. The Hall–Kier alpha value is -3.28. The van der Waals surface area contributed by atoms with Crippen LogP contribution in [0.3, 0.4) is 0 Å². The zero-order valence-electron chi connectivity index (χ0n) is 13.6. The van der Waals surface area contributed by atoms with E-state index in [0.29, 0.717) is 11.3 Å². The summed E-state index contributed by atoms with van der Waals surface area (Å²) in [5.41, 5.74) is 1.71. The molecule has 3 rings (SSSR count).